The lowest BCUT2D eigenvalue weighted by molar-refractivity contribution is 0.674. The molecule has 5 nitrogen and oxygen atoms in total. The highest BCUT2D eigenvalue weighted by molar-refractivity contribution is 14.1. The van der Waals surface area contributed by atoms with Crippen molar-refractivity contribution in [3.8, 4) is 0 Å². The van der Waals surface area contributed by atoms with Gasteiger partial charge in [0.15, 0.2) is 5.82 Å². The SMILES string of the molecule is CC(C)c1n[nH]c(=O)c2cc(I)nn12. The summed E-state index contributed by atoms with van der Waals surface area (Å²) in [5, 5.41) is 10.7. The van der Waals surface area contributed by atoms with Crippen LogP contribution in [0.5, 0.6) is 0 Å². The van der Waals surface area contributed by atoms with Crippen LogP contribution in [-0.2, 0) is 0 Å². The molecular weight excluding hydrogens is 295 g/mol. The highest BCUT2D eigenvalue weighted by atomic mass is 127. The molecule has 0 aliphatic rings. The number of halogens is 1. The van der Waals surface area contributed by atoms with E-state index in [1.54, 1.807) is 10.6 Å². The van der Waals surface area contributed by atoms with E-state index in [0.29, 0.717) is 5.52 Å². The van der Waals surface area contributed by atoms with Crippen LogP contribution in [0.2, 0.25) is 0 Å². The number of nitrogens with one attached hydrogen (secondary N) is 1. The summed E-state index contributed by atoms with van der Waals surface area (Å²) in [7, 11) is 0. The summed E-state index contributed by atoms with van der Waals surface area (Å²) in [6.45, 7) is 4.02. The lowest BCUT2D eigenvalue weighted by Crippen LogP contribution is -2.17. The minimum Gasteiger partial charge on any atom is -0.266 e. The predicted octanol–water partition coefficient (Wildman–Crippen LogP) is 1.15. The number of rotatable bonds is 1. The molecule has 1 N–H and O–H groups in total. The standard InChI is InChI=1S/C8H9IN4O/c1-4(2)7-10-11-8(14)5-3-6(9)12-13(5)7/h3-4H,1-2H3,(H,11,14). The van der Waals surface area contributed by atoms with Gasteiger partial charge in [0.25, 0.3) is 5.56 Å². The van der Waals surface area contributed by atoms with Crippen molar-refractivity contribution in [2.45, 2.75) is 19.8 Å². The van der Waals surface area contributed by atoms with Gasteiger partial charge in [0.1, 0.15) is 9.22 Å². The highest BCUT2D eigenvalue weighted by Gasteiger charge is 2.11. The zero-order chi connectivity index (χ0) is 10.3. The molecule has 0 radical (unpaired) electrons. The number of nitrogens with zero attached hydrogens (tertiary/aromatic N) is 3. The van der Waals surface area contributed by atoms with Crippen LogP contribution in [0.4, 0.5) is 0 Å². The summed E-state index contributed by atoms with van der Waals surface area (Å²) in [6, 6.07) is 1.74. The molecule has 6 heteroatoms. The molecule has 2 heterocycles. The fourth-order valence-electron chi connectivity index (χ4n) is 1.27. The zero-order valence-corrected chi connectivity index (χ0v) is 9.94. The van der Waals surface area contributed by atoms with E-state index in [9.17, 15) is 4.79 Å². The van der Waals surface area contributed by atoms with E-state index in [0.717, 1.165) is 9.53 Å². The van der Waals surface area contributed by atoms with Crippen LogP contribution >= 0.6 is 22.6 Å². The Morgan fingerprint density at radius 2 is 2.29 bits per heavy atom. The molecule has 14 heavy (non-hydrogen) atoms. The Labute approximate surface area is 93.7 Å². The molecule has 0 fully saturated rings. The van der Waals surface area contributed by atoms with Crippen LogP contribution in [0.3, 0.4) is 0 Å². The van der Waals surface area contributed by atoms with E-state index < -0.39 is 0 Å². The summed E-state index contributed by atoms with van der Waals surface area (Å²) >= 11 is 2.08. The maximum atomic E-state index is 11.4. The second kappa shape index (κ2) is 3.34. The molecule has 0 aromatic carbocycles. The quantitative estimate of drug-likeness (QED) is 0.804. The van der Waals surface area contributed by atoms with Crippen LogP contribution in [0.15, 0.2) is 10.9 Å². The van der Waals surface area contributed by atoms with E-state index in [1.807, 2.05) is 13.8 Å². The van der Waals surface area contributed by atoms with Crippen LogP contribution in [0.1, 0.15) is 25.6 Å². The minimum atomic E-state index is -0.204. The molecule has 2 aromatic heterocycles. The first-order valence-electron chi connectivity index (χ1n) is 4.23. The first-order valence-corrected chi connectivity index (χ1v) is 5.31. The van der Waals surface area contributed by atoms with E-state index in [1.165, 1.54) is 0 Å². The van der Waals surface area contributed by atoms with Crippen LogP contribution < -0.4 is 5.56 Å². The van der Waals surface area contributed by atoms with Gasteiger partial charge in [0.05, 0.1) is 0 Å². The van der Waals surface area contributed by atoms with Crippen molar-refractivity contribution in [3.63, 3.8) is 0 Å². The summed E-state index contributed by atoms with van der Waals surface area (Å²) in [6.07, 6.45) is 0. The van der Waals surface area contributed by atoms with Gasteiger partial charge in [-0.3, -0.25) is 4.79 Å². The largest absolute Gasteiger partial charge is 0.290 e. The maximum absolute atomic E-state index is 11.4. The summed E-state index contributed by atoms with van der Waals surface area (Å²) in [5.74, 6) is 0.993. The maximum Gasteiger partial charge on any atom is 0.290 e. The van der Waals surface area contributed by atoms with Crippen molar-refractivity contribution in [3.05, 3.63) is 25.9 Å². The van der Waals surface area contributed by atoms with Crippen molar-refractivity contribution in [1.82, 2.24) is 19.8 Å². The third-order valence-corrected chi connectivity index (χ3v) is 2.44. The molecule has 0 saturated carbocycles. The van der Waals surface area contributed by atoms with Gasteiger partial charge in [-0.05, 0) is 22.6 Å². The molecule has 0 unspecified atom stereocenters. The highest BCUT2D eigenvalue weighted by Crippen LogP contribution is 2.12. The molecule has 0 atom stereocenters. The minimum absolute atomic E-state index is 0.204. The van der Waals surface area contributed by atoms with Gasteiger partial charge in [-0.2, -0.15) is 10.2 Å². The van der Waals surface area contributed by atoms with E-state index in [-0.39, 0.29) is 11.5 Å². The summed E-state index contributed by atoms with van der Waals surface area (Å²) < 4.78 is 2.40. The third-order valence-electron chi connectivity index (χ3n) is 1.92. The van der Waals surface area contributed by atoms with E-state index in [4.69, 9.17) is 0 Å². The predicted molar refractivity (Wildman–Crippen MR) is 60.4 cm³/mol. The number of hydrogen-bond acceptors (Lipinski definition) is 3. The van der Waals surface area contributed by atoms with Crippen LogP contribution in [0.25, 0.3) is 5.52 Å². The number of aromatic nitrogens is 4. The van der Waals surface area contributed by atoms with E-state index in [2.05, 4.69) is 37.9 Å². The number of H-pyrrole nitrogens is 1. The molecule has 2 aromatic rings. The van der Waals surface area contributed by atoms with Crippen LogP contribution in [-0.4, -0.2) is 19.8 Å². The molecule has 74 valence electrons. The molecule has 0 aliphatic heterocycles. The van der Waals surface area contributed by atoms with Crippen molar-refractivity contribution < 1.29 is 0 Å². The molecule has 2 rings (SSSR count). The number of fused-ring (bicyclic) bond motifs is 1. The van der Waals surface area contributed by atoms with Crippen molar-refractivity contribution >= 4 is 28.1 Å². The normalized spacial score (nSPS) is 11.4. The van der Waals surface area contributed by atoms with Gasteiger partial charge in [0, 0.05) is 12.0 Å². The van der Waals surface area contributed by atoms with Gasteiger partial charge < -0.3 is 0 Å². The first-order chi connectivity index (χ1) is 6.59. The second-order valence-corrected chi connectivity index (χ2v) is 4.43. The Hall–Kier alpha value is -0.920. The van der Waals surface area contributed by atoms with Gasteiger partial charge in [-0.1, -0.05) is 13.8 Å². The van der Waals surface area contributed by atoms with Gasteiger partial charge >= 0.3 is 0 Å². The fourth-order valence-corrected chi connectivity index (χ4v) is 1.79. The van der Waals surface area contributed by atoms with Crippen molar-refractivity contribution in [2.24, 2.45) is 0 Å². The monoisotopic (exact) mass is 304 g/mol. The molecule has 0 amide bonds. The number of aromatic amines is 1. The van der Waals surface area contributed by atoms with Crippen molar-refractivity contribution in [1.29, 1.82) is 0 Å². The van der Waals surface area contributed by atoms with Gasteiger partial charge in [0.2, 0.25) is 0 Å². The Morgan fingerprint density at radius 1 is 1.57 bits per heavy atom. The Kier molecular flexibility index (Phi) is 2.30. The molecular formula is C8H9IN4O. The van der Waals surface area contributed by atoms with Gasteiger partial charge in [-0.15, -0.1) is 0 Å². The average molecular weight is 304 g/mol. The van der Waals surface area contributed by atoms with Crippen molar-refractivity contribution in [2.75, 3.05) is 0 Å². The molecule has 0 saturated heterocycles. The van der Waals surface area contributed by atoms with Gasteiger partial charge in [-0.25, -0.2) is 9.61 Å². The fraction of sp³-hybridized carbons (Fsp3) is 0.375. The Balaban J connectivity index is 2.88. The lowest BCUT2D eigenvalue weighted by atomic mass is 10.2. The third kappa shape index (κ3) is 1.43. The smallest absolute Gasteiger partial charge is 0.266 e. The van der Waals surface area contributed by atoms with E-state index >= 15 is 0 Å². The first kappa shape index (κ1) is 9.63. The average Bonchev–Trinajstić information content (AvgIpc) is 2.47. The van der Waals surface area contributed by atoms with Crippen LogP contribution in [0, 0.1) is 3.70 Å². The Bertz CT molecular complexity index is 528. The molecule has 0 aliphatic carbocycles. The number of hydrogen-bond donors (Lipinski definition) is 1. The summed E-state index contributed by atoms with van der Waals surface area (Å²) in [4.78, 5) is 11.4. The molecule has 0 spiro atoms. The lowest BCUT2D eigenvalue weighted by Gasteiger charge is -2.04. The Morgan fingerprint density at radius 3 is 2.93 bits per heavy atom. The topological polar surface area (TPSA) is 63.0 Å². The summed E-state index contributed by atoms with van der Waals surface area (Å²) in [5.41, 5.74) is 0.345. The molecule has 0 bridgehead atoms. The second-order valence-electron chi connectivity index (χ2n) is 3.33. The zero-order valence-electron chi connectivity index (χ0n) is 7.78.